The van der Waals surface area contributed by atoms with Crippen LogP contribution in [0.15, 0.2) is 58.0 Å². The van der Waals surface area contributed by atoms with Crippen molar-refractivity contribution in [1.82, 2.24) is 10.7 Å². The molecule has 0 saturated carbocycles. The fraction of sp³-hybridized carbons (Fsp3) is 0.125. The Bertz CT molecular complexity index is 1350. The first-order valence-corrected chi connectivity index (χ1v) is 11.2. The molecule has 186 valence electrons. The number of nitrogens with one attached hydrogen (secondary N) is 4. The van der Waals surface area contributed by atoms with Crippen LogP contribution in [0, 0.1) is 13.8 Å². The van der Waals surface area contributed by atoms with Crippen molar-refractivity contribution in [3.05, 3.63) is 81.2 Å². The first-order valence-electron chi connectivity index (χ1n) is 10.5. The second-order valence-corrected chi connectivity index (χ2v) is 8.34. The van der Waals surface area contributed by atoms with E-state index < -0.39 is 23.6 Å². The topological polar surface area (TPSA) is 142 Å². The molecule has 1 aromatic heterocycles. The number of hydrogen-bond donors (Lipinski definition) is 4. The van der Waals surface area contributed by atoms with E-state index in [2.05, 4.69) is 26.5 Å². The molecular formula is C24H21Cl2N5O5. The quantitative estimate of drug-likeness (QED) is 0.219. The predicted octanol–water partition coefficient (Wildman–Crippen LogP) is 3.55. The molecule has 0 radical (unpaired) electrons. The summed E-state index contributed by atoms with van der Waals surface area (Å²) < 4.78 is 5.45. The SMILES string of the molecule is Cc1ccc(NC(=O)C(=O)NCc2ccc(C=NNC(=O)C(=O)Nc3ccc(Cl)c(Cl)c3)o2)cc1C. The number of amides is 4. The van der Waals surface area contributed by atoms with Crippen LogP contribution in [-0.4, -0.2) is 29.8 Å². The Morgan fingerprint density at radius 1 is 0.806 bits per heavy atom. The summed E-state index contributed by atoms with van der Waals surface area (Å²) in [6, 6.07) is 12.8. The molecule has 4 N–H and O–H groups in total. The van der Waals surface area contributed by atoms with Crippen LogP contribution in [0.25, 0.3) is 0 Å². The molecule has 0 saturated heterocycles. The van der Waals surface area contributed by atoms with Gasteiger partial charge in [0.2, 0.25) is 0 Å². The Balaban J connectivity index is 1.44. The van der Waals surface area contributed by atoms with Crippen molar-refractivity contribution in [2.45, 2.75) is 20.4 Å². The number of carbonyl (C=O) groups excluding carboxylic acids is 4. The third kappa shape index (κ3) is 7.42. The fourth-order valence-corrected chi connectivity index (χ4v) is 3.08. The minimum absolute atomic E-state index is 0.0502. The smallest absolute Gasteiger partial charge is 0.329 e. The highest BCUT2D eigenvalue weighted by Gasteiger charge is 2.15. The lowest BCUT2D eigenvalue weighted by Gasteiger charge is -2.07. The summed E-state index contributed by atoms with van der Waals surface area (Å²) in [7, 11) is 0. The molecule has 3 aromatic rings. The van der Waals surface area contributed by atoms with Crippen LogP contribution < -0.4 is 21.4 Å². The third-order valence-corrected chi connectivity index (χ3v) is 5.56. The van der Waals surface area contributed by atoms with Gasteiger partial charge in [0.25, 0.3) is 0 Å². The van der Waals surface area contributed by atoms with Crippen molar-refractivity contribution < 1.29 is 23.6 Å². The predicted molar refractivity (Wildman–Crippen MR) is 136 cm³/mol. The summed E-state index contributed by atoms with van der Waals surface area (Å²) in [5.74, 6) is -3.05. The highest BCUT2D eigenvalue weighted by atomic mass is 35.5. The lowest BCUT2D eigenvalue weighted by molar-refractivity contribution is -0.136. The van der Waals surface area contributed by atoms with Crippen molar-refractivity contribution in [3.8, 4) is 0 Å². The van der Waals surface area contributed by atoms with E-state index in [1.165, 1.54) is 30.5 Å². The van der Waals surface area contributed by atoms with Crippen molar-refractivity contribution in [2.75, 3.05) is 10.6 Å². The maximum Gasteiger partial charge on any atom is 0.329 e. The number of nitrogens with zero attached hydrogens (tertiary/aromatic N) is 1. The Morgan fingerprint density at radius 3 is 2.17 bits per heavy atom. The zero-order chi connectivity index (χ0) is 26.2. The summed E-state index contributed by atoms with van der Waals surface area (Å²) in [4.78, 5) is 48.0. The normalized spacial score (nSPS) is 10.7. The summed E-state index contributed by atoms with van der Waals surface area (Å²) in [5, 5.41) is 11.5. The summed E-state index contributed by atoms with van der Waals surface area (Å²) in [6.07, 6.45) is 1.17. The number of furan rings is 1. The molecule has 4 amide bonds. The van der Waals surface area contributed by atoms with E-state index in [0.717, 1.165) is 11.1 Å². The molecule has 12 heteroatoms. The van der Waals surface area contributed by atoms with E-state index in [9.17, 15) is 19.2 Å². The summed E-state index contributed by atoms with van der Waals surface area (Å²) in [6.45, 7) is 3.80. The van der Waals surface area contributed by atoms with E-state index in [1.54, 1.807) is 18.2 Å². The van der Waals surface area contributed by atoms with Crippen LogP contribution in [-0.2, 0) is 25.7 Å². The molecular weight excluding hydrogens is 509 g/mol. The molecule has 0 unspecified atom stereocenters. The molecule has 0 fully saturated rings. The standard InChI is InChI=1S/C24H21Cl2N5O5/c1-13-3-4-15(9-14(13)2)29-22(33)21(32)27-11-17-6-7-18(36-17)12-28-31-24(35)23(34)30-16-5-8-19(25)20(26)10-16/h3-10,12H,11H2,1-2H3,(H,27,32)(H,29,33)(H,30,34)(H,31,35). The highest BCUT2D eigenvalue weighted by Crippen LogP contribution is 2.24. The molecule has 36 heavy (non-hydrogen) atoms. The van der Waals surface area contributed by atoms with Gasteiger partial charge in [-0.2, -0.15) is 5.10 Å². The molecule has 0 aliphatic carbocycles. The molecule has 0 bridgehead atoms. The Morgan fingerprint density at radius 2 is 1.47 bits per heavy atom. The molecule has 0 aliphatic rings. The number of halogens is 2. The Hall–Kier alpha value is -4.15. The van der Waals surface area contributed by atoms with Crippen LogP contribution in [0.4, 0.5) is 11.4 Å². The zero-order valence-electron chi connectivity index (χ0n) is 19.1. The average molecular weight is 530 g/mol. The van der Waals surface area contributed by atoms with Crippen LogP contribution in [0.5, 0.6) is 0 Å². The minimum atomic E-state index is -1.02. The second kappa shape index (κ2) is 12.0. The summed E-state index contributed by atoms with van der Waals surface area (Å²) in [5.41, 5.74) is 4.92. The summed E-state index contributed by atoms with van der Waals surface area (Å²) >= 11 is 11.7. The van der Waals surface area contributed by atoms with E-state index in [0.29, 0.717) is 16.5 Å². The van der Waals surface area contributed by atoms with Crippen molar-refractivity contribution in [3.63, 3.8) is 0 Å². The first kappa shape index (κ1) is 26.5. The van der Waals surface area contributed by atoms with Gasteiger partial charge in [0, 0.05) is 11.4 Å². The number of hydrazone groups is 1. The number of rotatable bonds is 6. The van der Waals surface area contributed by atoms with Gasteiger partial charge in [0.15, 0.2) is 0 Å². The number of anilines is 2. The molecule has 0 spiro atoms. The molecule has 0 atom stereocenters. The van der Waals surface area contributed by atoms with Gasteiger partial charge in [-0.1, -0.05) is 29.3 Å². The van der Waals surface area contributed by atoms with Gasteiger partial charge in [-0.3, -0.25) is 19.2 Å². The maximum atomic E-state index is 12.1. The monoisotopic (exact) mass is 529 g/mol. The molecule has 3 rings (SSSR count). The first-order chi connectivity index (χ1) is 17.1. The van der Waals surface area contributed by atoms with Crippen molar-refractivity contribution in [2.24, 2.45) is 5.10 Å². The largest absolute Gasteiger partial charge is 0.458 e. The van der Waals surface area contributed by atoms with Crippen LogP contribution >= 0.6 is 23.2 Å². The zero-order valence-corrected chi connectivity index (χ0v) is 20.7. The van der Waals surface area contributed by atoms with E-state index in [4.69, 9.17) is 27.6 Å². The minimum Gasteiger partial charge on any atom is -0.458 e. The van der Waals surface area contributed by atoms with Crippen molar-refractivity contribution in [1.29, 1.82) is 0 Å². The maximum absolute atomic E-state index is 12.1. The van der Waals surface area contributed by atoms with Gasteiger partial charge in [0.1, 0.15) is 11.5 Å². The van der Waals surface area contributed by atoms with E-state index >= 15 is 0 Å². The van der Waals surface area contributed by atoms with Crippen LogP contribution in [0.3, 0.4) is 0 Å². The van der Waals surface area contributed by atoms with Gasteiger partial charge in [0.05, 0.1) is 22.8 Å². The molecule has 2 aromatic carbocycles. The van der Waals surface area contributed by atoms with Gasteiger partial charge >= 0.3 is 23.6 Å². The van der Waals surface area contributed by atoms with Gasteiger partial charge in [-0.15, -0.1) is 0 Å². The number of hydrogen-bond acceptors (Lipinski definition) is 6. The van der Waals surface area contributed by atoms with Gasteiger partial charge < -0.3 is 20.4 Å². The van der Waals surface area contributed by atoms with E-state index in [-0.39, 0.29) is 23.0 Å². The number of aryl methyl sites for hydroxylation is 2. The van der Waals surface area contributed by atoms with E-state index in [1.807, 2.05) is 19.9 Å². The molecule has 10 nitrogen and oxygen atoms in total. The van der Waals surface area contributed by atoms with Gasteiger partial charge in [-0.25, -0.2) is 5.43 Å². The highest BCUT2D eigenvalue weighted by molar-refractivity contribution is 6.43. The fourth-order valence-electron chi connectivity index (χ4n) is 2.78. The molecule has 1 heterocycles. The molecule has 0 aliphatic heterocycles. The second-order valence-electron chi connectivity index (χ2n) is 7.52. The van der Waals surface area contributed by atoms with Crippen LogP contribution in [0.1, 0.15) is 22.6 Å². The van der Waals surface area contributed by atoms with Gasteiger partial charge in [-0.05, 0) is 67.4 Å². The Kier molecular flexibility index (Phi) is 8.82. The number of carbonyl (C=O) groups is 4. The average Bonchev–Trinajstić information content (AvgIpc) is 3.29. The van der Waals surface area contributed by atoms with Crippen molar-refractivity contribution >= 4 is 64.4 Å². The third-order valence-electron chi connectivity index (χ3n) is 4.82. The lowest BCUT2D eigenvalue weighted by atomic mass is 10.1. The Labute approximate surface area is 216 Å². The van der Waals surface area contributed by atoms with Crippen LogP contribution in [0.2, 0.25) is 10.0 Å². The number of benzene rings is 2. The lowest BCUT2D eigenvalue weighted by Crippen LogP contribution is -2.34.